The van der Waals surface area contributed by atoms with Crippen molar-refractivity contribution in [2.45, 2.75) is 0 Å². The normalized spacial score (nSPS) is 10.3. The van der Waals surface area contributed by atoms with Crippen molar-refractivity contribution in [1.82, 2.24) is 9.97 Å². The number of hydrogen-bond donors (Lipinski definition) is 2. The Kier molecular flexibility index (Phi) is 3.06. The van der Waals surface area contributed by atoms with Crippen molar-refractivity contribution in [2.75, 3.05) is 11.1 Å². The van der Waals surface area contributed by atoms with Crippen LogP contribution in [0, 0.1) is 11.6 Å². The molecule has 0 fully saturated rings. The van der Waals surface area contributed by atoms with Crippen molar-refractivity contribution in [3.63, 3.8) is 0 Å². The average Bonchev–Trinajstić information content (AvgIpc) is 2.30. The van der Waals surface area contributed by atoms with E-state index in [0.717, 1.165) is 6.20 Å². The van der Waals surface area contributed by atoms with Crippen molar-refractivity contribution < 1.29 is 8.78 Å². The van der Waals surface area contributed by atoms with Crippen LogP contribution in [0.5, 0.6) is 0 Å². The fourth-order valence-corrected chi connectivity index (χ4v) is 1.37. The summed E-state index contributed by atoms with van der Waals surface area (Å²) in [5.74, 6) is -1.75. The second-order valence-corrected chi connectivity index (χ2v) is 3.56. The van der Waals surface area contributed by atoms with Gasteiger partial charge in [0.15, 0.2) is 17.5 Å². The minimum Gasteiger partial charge on any atom is -0.368 e. The first-order valence-electron chi connectivity index (χ1n) is 4.57. The van der Waals surface area contributed by atoms with Crippen molar-refractivity contribution >= 4 is 29.1 Å². The Hall–Kier alpha value is -1.95. The zero-order chi connectivity index (χ0) is 12.4. The maximum absolute atomic E-state index is 13.5. The highest BCUT2D eigenvalue weighted by Crippen LogP contribution is 2.25. The third-order valence-corrected chi connectivity index (χ3v) is 2.26. The van der Waals surface area contributed by atoms with Gasteiger partial charge in [0, 0.05) is 0 Å². The molecule has 0 bridgehead atoms. The molecule has 1 aromatic heterocycles. The Bertz CT molecular complexity index is 562. The van der Waals surface area contributed by atoms with E-state index in [1.807, 2.05) is 0 Å². The molecule has 88 valence electrons. The predicted octanol–water partition coefficient (Wildman–Crippen LogP) is 2.73. The molecule has 0 radical (unpaired) electrons. The van der Waals surface area contributed by atoms with Gasteiger partial charge in [-0.15, -0.1) is 0 Å². The Morgan fingerprint density at radius 1 is 1.29 bits per heavy atom. The van der Waals surface area contributed by atoms with Gasteiger partial charge in [0.25, 0.3) is 0 Å². The highest BCUT2D eigenvalue weighted by Gasteiger charge is 2.10. The van der Waals surface area contributed by atoms with Crippen LogP contribution < -0.4 is 11.1 Å². The van der Waals surface area contributed by atoms with E-state index >= 15 is 0 Å². The van der Waals surface area contributed by atoms with Gasteiger partial charge in [-0.25, -0.2) is 13.8 Å². The molecule has 7 heteroatoms. The Morgan fingerprint density at radius 3 is 2.82 bits per heavy atom. The largest absolute Gasteiger partial charge is 0.368 e. The quantitative estimate of drug-likeness (QED) is 0.867. The number of nitrogens with two attached hydrogens (primary N) is 1. The van der Waals surface area contributed by atoms with E-state index in [2.05, 4.69) is 15.3 Å². The molecule has 3 N–H and O–H groups in total. The molecule has 2 aromatic rings. The molecule has 1 heterocycles. The molecular formula is C10H7ClF2N4. The van der Waals surface area contributed by atoms with Gasteiger partial charge in [-0.2, -0.15) is 4.98 Å². The van der Waals surface area contributed by atoms with E-state index < -0.39 is 11.6 Å². The lowest BCUT2D eigenvalue weighted by atomic mass is 10.3. The van der Waals surface area contributed by atoms with Crippen LogP contribution in [0.15, 0.2) is 24.4 Å². The van der Waals surface area contributed by atoms with Gasteiger partial charge in [-0.3, -0.25) is 0 Å². The molecule has 0 amide bonds. The van der Waals surface area contributed by atoms with Crippen molar-refractivity contribution in [1.29, 1.82) is 0 Å². The van der Waals surface area contributed by atoms with Crippen LogP contribution in [0.1, 0.15) is 0 Å². The number of hydrogen-bond acceptors (Lipinski definition) is 4. The number of nitrogens with one attached hydrogen (secondary N) is 1. The maximum Gasteiger partial charge on any atom is 0.222 e. The highest BCUT2D eigenvalue weighted by molar-refractivity contribution is 6.31. The number of benzene rings is 1. The van der Waals surface area contributed by atoms with Gasteiger partial charge in [-0.1, -0.05) is 17.7 Å². The van der Waals surface area contributed by atoms with Gasteiger partial charge in [0.2, 0.25) is 5.95 Å². The van der Waals surface area contributed by atoms with Gasteiger partial charge in [0.05, 0.1) is 16.9 Å². The van der Waals surface area contributed by atoms with Crippen molar-refractivity contribution in [2.24, 2.45) is 0 Å². The van der Waals surface area contributed by atoms with Crippen LogP contribution in [0.2, 0.25) is 5.02 Å². The predicted molar refractivity (Wildman–Crippen MR) is 61.1 cm³/mol. The van der Waals surface area contributed by atoms with Gasteiger partial charge in [-0.05, 0) is 12.1 Å². The fourth-order valence-electron chi connectivity index (χ4n) is 1.20. The lowest BCUT2D eigenvalue weighted by Crippen LogP contribution is -2.03. The molecule has 0 unspecified atom stereocenters. The number of nitrogens with zero attached hydrogens (tertiary/aromatic N) is 2. The van der Waals surface area contributed by atoms with Crippen molar-refractivity contribution in [3.8, 4) is 0 Å². The van der Waals surface area contributed by atoms with Gasteiger partial charge >= 0.3 is 0 Å². The fraction of sp³-hybridized carbons (Fsp3) is 0. The molecule has 0 aliphatic carbocycles. The monoisotopic (exact) mass is 256 g/mol. The number of aromatic nitrogens is 2. The molecule has 2 rings (SSSR count). The van der Waals surface area contributed by atoms with E-state index in [9.17, 15) is 8.78 Å². The van der Waals surface area contributed by atoms with Crippen LogP contribution in [0.3, 0.4) is 0 Å². The third kappa shape index (κ3) is 2.42. The number of nitrogen functional groups attached to an aromatic ring is 1. The van der Waals surface area contributed by atoms with Crippen LogP contribution in [-0.2, 0) is 0 Å². The second-order valence-electron chi connectivity index (χ2n) is 3.15. The van der Waals surface area contributed by atoms with Crippen molar-refractivity contribution in [3.05, 3.63) is 41.1 Å². The summed E-state index contributed by atoms with van der Waals surface area (Å²) >= 11 is 5.58. The first kappa shape index (κ1) is 11.5. The second kappa shape index (κ2) is 4.50. The first-order chi connectivity index (χ1) is 8.08. The minimum absolute atomic E-state index is 0.00880. The van der Waals surface area contributed by atoms with Crippen LogP contribution in [0.25, 0.3) is 0 Å². The molecule has 17 heavy (non-hydrogen) atoms. The molecule has 0 aliphatic rings. The Balaban J connectivity index is 2.38. The summed E-state index contributed by atoms with van der Waals surface area (Å²) in [4.78, 5) is 7.06. The molecule has 0 atom stereocenters. The lowest BCUT2D eigenvalue weighted by Gasteiger charge is -2.08. The van der Waals surface area contributed by atoms with Crippen LogP contribution >= 0.6 is 11.6 Å². The van der Waals surface area contributed by atoms with Gasteiger partial charge in [0.1, 0.15) is 0 Å². The van der Waals surface area contributed by atoms with Crippen LogP contribution in [-0.4, -0.2) is 9.97 Å². The zero-order valence-corrected chi connectivity index (χ0v) is 9.17. The number of rotatable bonds is 2. The summed E-state index contributed by atoms with van der Waals surface area (Å²) in [6, 6.07) is 4.31. The molecular weight excluding hydrogens is 250 g/mol. The number of halogens is 3. The summed E-state index contributed by atoms with van der Waals surface area (Å²) in [5, 5.41) is 2.38. The van der Waals surface area contributed by atoms with E-state index in [0.29, 0.717) is 0 Å². The maximum atomic E-state index is 13.5. The summed E-state index contributed by atoms with van der Waals surface area (Å²) in [6.45, 7) is 0. The van der Waals surface area contributed by atoms with Crippen LogP contribution in [0.4, 0.5) is 26.2 Å². The highest BCUT2D eigenvalue weighted by atomic mass is 35.5. The molecule has 0 aliphatic heterocycles. The van der Waals surface area contributed by atoms with E-state index in [-0.39, 0.29) is 22.5 Å². The SMILES string of the molecule is Nc1ncc(F)c(Nc2cccc(Cl)c2F)n1. The zero-order valence-electron chi connectivity index (χ0n) is 8.42. The summed E-state index contributed by atoms with van der Waals surface area (Å²) < 4.78 is 26.8. The molecule has 0 saturated heterocycles. The Morgan fingerprint density at radius 2 is 2.06 bits per heavy atom. The minimum atomic E-state index is -0.737. The standard InChI is InChI=1S/C10H7ClF2N4/c11-5-2-1-3-7(8(5)13)16-9-6(12)4-15-10(14)17-9/h1-4H,(H3,14,15,16,17). The summed E-state index contributed by atoms with van der Waals surface area (Å²) in [6.07, 6.45) is 0.896. The summed E-state index contributed by atoms with van der Waals surface area (Å²) in [7, 11) is 0. The van der Waals surface area contributed by atoms with E-state index in [1.165, 1.54) is 18.2 Å². The molecule has 1 aromatic carbocycles. The summed E-state index contributed by atoms with van der Waals surface area (Å²) in [5.41, 5.74) is 5.31. The third-order valence-electron chi connectivity index (χ3n) is 1.97. The molecule has 0 spiro atoms. The number of anilines is 3. The lowest BCUT2D eigenvalue weighted by molar-refractivity contribution is 0.616. The molecule has 0 saturated carbocycles. The average molecular weight is 257 g/mol. The van der Waals surface area contributed by atoms with E-state index in [4.69, 9.17) is 17.3 Å². The smallest absolute Gasteiger partial charge is 0.222 e. The first-order valence-corrected chi connectivity index (χ1v) is 4.95. The van der Waals surface area contributed by atoms with Gasteiger partial charge < -0.3 is 11.1 Å². The topological polar surface area (TPSA) is 63.8 Å². The molecule has 4 nitrogen and oxygen atoms in total. The Labute approximate surface area is 100 Å². The van der Waals surface area contributed by atoms with E-state index in [1.54, 1.807) is 0 Å².